The molecule has 9 heteroatoms. The van der Waals surface area contributed by atoms with Gasteiger partial charge in [0.2, 0.25) is 5.91 Å². The molecule has 1 fully saturated rings. The van der Waals surface area contributed by atoms with E-state index < -0.39 is 42.3 Å². The monoisotopic (exact) mass is 468 g/mol. The summed E-state index contributed by atoms with van der Waals surface area (Å²) in [6.45, 7) is 1.97. The highest BCUT2D eigenvalue weighted by molar-refractivity contribution is 5.87. The second-order valence-electron chi connectivity index (χ2n) is 8.42. The van der Waals surface area contributed by atoms with Crippen molar-refractivity contribution in [1.82, 2.24) is 10.6 Å². The smallest absolute Gasteiger partial charge is 0.407 e. The van der Waals surface area contributed by atoms with Crippen molar-refractivity contribution in [2.75, 3.05) is 20.3 Å². The molecule has 2 amide bonds. The van der Waals surface area contributed by atoms with Crippen molar-refractivity contribution in [1.29, 1.82) is 0 Å². The number of carboxylic acid groups (broad SMARTS) is 1. The minimum absolute atomic E-state index is 0.104. The molecule has 1 aliphatic heterocycles. The van der Waals surface area contributed by atoms with Crippen LogP contribution in [-0.2, 0) is 23.8 Å². The number of carbonyl (C=O) groups excluding carboxylic acids is 2. The Morgan fingerprint density at radius 2 is 1.71 bits per heavy atom. The van der Waals surface area contributed by atoms with Crippen LogP contribution in [0.2, 0.25) is 0 Å². The van der Waals surface area contributed by atoms with E-state index in [0.717, 1.165) is 22.3 Å². The fourth-order valence-corrected chi connectivity index (χ4v) is 4.55. The lowest BCUT2D eigenvalue weighted by molar-refractivity contribution is -0.148. The number of methoxy groups -OCH3 is 1. The van der Waals surface area contributed by atoms with Gasteiger partial charge >= 0.3 is 12.1 Å². The van der Waals surface area contributed by atoms with Gasteiger partial charge in [0.25, 0.3) is 0 Å². The van der Waals surface area contributed by atoms with Gasteiger partial charge in [-0.25, -0.2) is 9.59 Å². The first-order chi connectivity index (χ1) is 16.4. The van der Waals surface area contributed by atoms with Crippen molar-refractivity contribution >= 4 is 18.0 Å². The Bertz CT molecular complexity index is 1030. The number of carboxylic acids is 1. The molecule has 2 aliphatic rings. The molecule has 9 nitrogen and oxygen atoms in total. The lowest BCUT2D eigenvalue weighted by atomic mass is 9.98. The average molecular weight is 469 g/mol. The fraction of sp³-hybridized carbons (Fsp3) is 0.400. The first-order valence-corrected chi connectivity index (χ1v) is 11.2. The number of aliphatic carboxylic acids is 1. The molecule has 0 aromatic heterocycles. The van der Waals surface area contributed by atoms with Crippen LogP contribution < -0.4 is 10.6 Å². The van der Waals surface area contributed by atoms with Crippen molar-refractivity contribution in [3.05, 3.63) is 59.7 Å². The molecular weight excluding hydrogens is 440 g/mol. The minimum Gasteiger partial charge on any atom is -0.479 e. The third kappa shape index (κ3) is 4.76. The first kappa shape index (κ1) is 23.7. The number of carbonyl (C=O) groups is 3. The van der Waals surface area contributed by atoms with Crippen LogP contribution in [0.3, 0.4) is 0 Å². The molecule has 0 spiro atoms. The maximum atomic E-state index is 12.9. The zero-order chi connectivity index (χ0) is 24.2. The Balaban J connectivity index is 1.41. The summed E-state index contributed by atoms with van der Waals surface area (Å²) in [6.07, 6.45) is -2.20. The van der Waals surface area contributed by atoms with E-state index >= 15 is 0 Å². The maximum Gasteiger partial charge on any atom is 0.407 e. The van der Waals surface area contributed by atoms with Gasteiger partial charge in [0.15, 0.2) is 6.10 Å². The summed E-state index contributed by atoms with van der Waals surface area (Å²) in [5.41, 5.74) is 4.39. The molecule has 4 rings (SSSR count). The number of amides is 2. The number of hydrogen-bond acceptors (Lipinski definition) is 6. The number of alkyl carbamates (subject to hydrolysis) is 1. The van der Waals surface area contributed by atoms with E-state index in [0.29, 0.717) is 6.42 Å². The second-order valence-corrected chi connectivity index (χ2v) is 8.42. The highest BCUT2D eigenvalue weighted by Gasteiger charge is 2.38. The van der Waals surface area contributed by atoms with Gasteiger partial charge in [0.1, 0.15) is 12.6 Å². The SMILES string of the molecule is COC(C)C(NC(=O)OCC1c2ccccc2-c2ccccc21)C(=O)N[C@H]1CCO[C@H]1C(=O)O. The van der Waals surface area contributed by atoms with Gasteiger partial charge < -0.3 is 30.0 Å². The molecule has 0 saturated carbocycles. The first-order valence-electron chi connectivity index (χ1n) is 11.2. The summed E-state index contributed by atoms with van der Waals surface area (Å²) in [6, 6.07) is 14.2. The average Bonchev–Trinajstić information content (AvgIpc) is 3.43. The van der Waals surface area contributed by atoms with Gasteiger partial charge in [-0.05, 0) is 35.6 Å². The van der Waals surface area contributed by atoms with Gasteiger partial charge in [-0.15, -0.1) is 0 Å². The molecule has 0 bridgehead atoms. The molecule has 1 heterocycles. The topological polar surface area (TPSA) is 123 Å². The molecule has 180 valence electrons. The lowest BCUT2D eigenvalue weighted by Gasteiger charge is -2.26. The van der Waals surface area contributed by atoms with Crippen molar-refractivity contribution < 1.29 is 33.7 Å². The van der Waals surface area contributed by atoms with Crippen LogP contribution in [0, 0.1) is 0 Å². The zero-order valence-electron chi connectivity index (χ0n) is 19.0. The predicted octanol–water partition coefficient (Wildman–Crippen LogP) is 2.29. The normalized spacial score (nSPS) is 20.6. The molecule has 3 N–H and O–H groups in total. The molecular formula is C25H28N2O7. The van der Waals surface area contributed by atoms with E-state index in [4.69, 9.17) is 14.2 Å². The summed E-state index contributed by atoms with van der Waals surface area (Å²) in [4.78, 5) is 36.9. The lowest BCUT2D eigenvalue weighted by Crippen LogP contribution is -2.56. The molecule has 4 atom stereocenters. The Hall–Kier alpha value is -3.43. The molecule has 2 aromatic rings. The van der Waals surface area contributed by atoms with E-state index in [-0.39, 0.29) is 19.1 Å². The number of benzene rings is 2. The minimum atomic E-state index is -1.15. The number of rotatable bonds is 8. The summed E-state index contributed by atoms with van der Waals surface area (Å²) in [5.74, 6) is -1.83. The highest BCUT2D eigenvalue weighted by atomic mass is 16.6. The molecule has 2 unspecified atom stereocenters. The van der Waals surface area contributed by atoms with Gasteiger partial charge in [0, 0.05) is 19.6 Å². The van der Waals surface area contributed by atoms with Crippen molar-refractivity contribution in [2.45, 2.75) is 43.6 Å². The van der Waals surface area contributed by atoms with Gasteiger partial charge in [-0.2, -0.15) is 0 Å². The molecule has 0 radical (unpaired) electrons. The third-order valence-corrected chi connectivity index (χ3v) is 6.40. The standard InChI is InChI=1S/C25H28N2O7/c1-14(32-2)21(23(28)26-20-11-12-33-22(20)24(29)30)27-25(31)34-13-19-17-9-5-3-7-15(17)16-8-4-6-10-18(16)19/h3-10,14,19-22H,11-13H2,1-2H3,(H,26,28)(H,27,31)(H,29,30)/t14?,20-,21?,22+/m0/s1. The Morgan fingerprint density at radius 1 is 1.09 bits per heavy atom. The van der Waals surface area contributed by atoms with Crippen LogP contribution in [0.15, 0.2) is 48.5 Å². The molecule has 1 saturated heterocycles. The Kier molecular flexibility index (Phi) is 7.14. The van der Waals surface area contributed by atoms with E-state index in [2.05, 4.69) is 10.6 Å². The van der Waals surface area contributed by atoms with E-state index in [9.17, 15) is 19.5 Å². The summed E-state index contributed by atoms with van der Waals surface area (Å²) in [7, 11) is 1.42. The molecule has 1 aliphatic carbocycles. The summed E-state index contributed by atoms with van der Waals surface area (Å²) in [5, 5.41) is 14.5. The van der Waals surface area contributed by atoms with Crippen LogP contribution in [0.1, 0.15) is 30.4 Å². The summed E-state index contributed by atoms with van der Waals surface area (Å²) >= 11 is 0. The predicted molar refractivity (Wildman–Crippen MR) is 122 cm³/mol. The van der Waals surface area contributed by atoms with Crippen LogP contribution in [0.25, 0.3) is 11.1 Å². The Labute approximate surface area is 197 Å². The molecule has 2 aromatic carbocycles. The van der Waals surface area contributed by atoms with Crippen molar-refractivity contribution in [2.24, 2.45) is 0 Å². The van der Waals surface area contributed by atoms with Crippen LogP contribution in [-0.4, -0.2) is 67.7 Å². The number of ether oxygens (including phenoxy) is 3. The van der Waals surface area contributed by atoms with Gasteiger partial charge in [0.05, 0.1) is 12.1 Å². The second kappa shape index (κ2) is 10.2. The Morgan fingerprint density at radius 3 is 2.29 bits per heavy atom. The number of hydrogen-bond donors (Lipinski definition) is 3. The number of nitrogens with one attached hydrogen (secondary N) is 2. The van der Waals surface area contributed by atoms with Gasteiger partial charge in [-0.3, -0.25) is 4.79 Å². The van der Waals surface area contributed by atoms with Crippen molar-refractivity contribution in [3.8, 4) is 11.1 Å². The van der Waals surface area contributed by atoms with Crippen molar-refractivity contribution in [3.63, 3.8) is 0 Å². The van der Waals surface area contributed by atoms with E-state index in [1.807, 2.05) is 48.5 Å². The summed E-state index contributed by atoms with van der Waals surface area (Å²) < 4.78 is 16.0. The third-order valence-electron chi connectivity index (χ3n) is 6.40. The van der Waals surface area contributed by atoms with Crippen LogP contribution in [0.4, 0.5) is 4.79 Å². The van der Waals surface area contributed by atoms with Crippen LogP contribution >= 0.6 is 0 Å². The van der Waals surface area contributed by atoms with E-state index in [1.165, 1.54) is 7.11 Å². The highest BCUT2D eigenvalue weighted by Crippen LogP contribution is 2.44. The zero-order valence-corrected chi connectivity index (χ0v) is 19.0. The van der Waals surface area contributed by atoms with Crippen LogP contribution in [0.5, 0.6) is 0 Å². The van der Waals surface area contributed by atoms with E-state index in [1.54, 1.807) is 6.92 Å². The largest absolute Gasteiger partial charge is 0.479 e. The molecule has 34 heavy (non-hydrogen) atoms. The quantitative estimate of drug-likeness (QED) is 0.543. The number of fused-ring (bicyclic) bond motifs is 3. The van der Waals surface area contributed by atoms with Gasteiger partial charge in [-0.1, -0.05) is 48.5 Å². The fourth-order valence-electron chi connectivity index (χ4n) is 4.55. The maximum absolute atomic E-state index is 12.9.